The summed E-state index contributed by atoms with van der Waals surface area (Å²) >= 11 is 0. The summed E-state index contributed by atoms with van der Waals surface area (Å²) < 4.78 is 0. The van der Waals surface area contributed by atoms with E-state index in [1.54, 1.807) is 6.20 Å². The van der Waals surface area contributed by atoms with E-state index >= 15 is 0 Å². The molecule has 0 radical (unpaired) electrons. The fraction of sp³-hybridized carbons (Fsp3) is 0. The van der Waals surface area contributed by atoms with Crippen molar-refractivity contribution < 1.29 is 4.84 Å². The van der Waals surface area contributed by atoms with E-state index in [0.29, 0.717) is 0 Å². The number of hydrogen-bond acceptors (Lipinski definition) is 4. The molecule has 66 valence electrons. The number of nitrogens with zero attached hydrogens (tertiary/aromatic N) is 1. The quantitative estimate of drug-likeness (QED) is 0.455. The summed E-state index contributed by atoms with van der Waals surface area (Å²) in [4.78, 5) is 5.09. The van der Waals surface area contributed by atoms with Gasteiger partial charge in [0, 0.05) is 11.8 Å². The molecule has 0 aromatic heterocycles. The van der Waals surface area contributed by atoms with Crippen LogP contribution in [0.2, 0.25) is 0 Å². The normalized spacial score (nSPS) is 10.7. The molecule has 0 spiro atoms. The average molecular weight is 175 g/mol. The lowest BCUT2D eigenvalue weighted by atomic mass is 10.2. The van der Waals surface area contributed by atoms with Crippen LogP contribution in [0, 0.1) is 11.5 Å². The van der Waals surface area contributed by atoms with Gasteiger partial charge in [-0.15, -0.1) is 0 Å². The van der Waals surface area contributed by atoms with Crippen LogP contribution in [0.4, 0.5) is 0 Å². The highest BCUT2D eigenvalue weighted by Crippen LogP contribution is 2.20. The molecule has 2 rings (SSSR count). The predicted molar refractivity (Wildman–Crippen MR) is 49.0 cm³/mol. The topological polar surface area (TPSA) is 71.1 Å². The van der Waals surface area contributed by atoms with Crippen LogP contribution in [-0.4, -0.2) is 0 Å². The Morgan fingerprint density at radius 1 is 1.38 bits per heavy atom. The van der Waals surface area contributed by atoms with Crippen LogP contribution >= 0.6 is 0 Å². The monoisotopic (exact) mass is 175 g/mol. The molecule has 4 nitrogen and oxygen atoms in total. The van der Waals surface area contributed by atoms with Gasteiger partial charge in [0.2, 0.25) is 0 Å². The molecule has 0 amide bonds. The molecule has 1 aromatic rings. The molecule has 0 aliphatic carbocycles. The Kier molecular flexibility index (Phi) is 3.21. The van der Waals surface area contributed by atoms with Crippen molar-refractivity contribution in [2.75, 3.05) is 0 Å². The third kappa shape index (κ3) is 2.42. The summed E-state index contributed by atoms with van der Waals surface area (Å²) in [5, 5.41) is 7.10. The Morgan fingerprint density at radius 2 is 2.08 bits per heavy atom. The summed E-state index contributed by atoms with van der Waals surface area (Å²) in [7, 11) is 0. The zero-order chi connectivity index (χ0) is 9.52. The first-order chi connectivity index (χ1) is 6.38. The van der Waals surface area contributed by atoms with Crippen molar-refractivity contribution >= 4 is 6.08 Å². The van der Waals surface area contributed by atoms with Gasteiger partial charge in [-0.05, 0) is 12.1 Å². The van der Waals surface area contributed by atoms with Crippen molar-refractivity contribution in [1.29, 1.82) is 5.26 Å². The van der Waals surface area contributed by atoms with Crippen LogP contribution in [0.1, 0.15) is 5.56 Å². The molecule has 0 fully saturated rings. The van der Waals surface area contributed by atoms with Crippen molar-refractivity contribution in [2.24, 2.45) is 5.73 Å². The van der Waals surface area contributed by atoms with E-state index in [1.807, 2.05) is 30.3 Å². The van der Waals surface area contributed by atoms with Crippen molar-refractivity contribution in [1.82, 2.24) is 5.48 Å². The van der Waals surface area contributed by atoms with Gasteiger partial charge in [0.05, 0.1) is 0 Å². The first-order valence-electron chi connectivity index (χ1n) is 3.66. The summed E-state index contributed by atoms with van der Waals surface area (Å²) in [5.74, 6) is 0.880. The van der Waals surface area contributed by atoms with Gasteiger partial charge in [-0.3, -0.25) is 0 Å². The Bertz CT molecular complexity index is 341. The van der Waals surface area contributed by atoms with Crippen molar-refractivity contribution in [2.45, 2.75) is 0 Å². The first kappa shape index (κ1) is 8.94. The van der Waals surface area contributed by atoms with Gasteiger partial charge in [-0.1, -0.05) is 18.2 Å². The Hall–Kier alpha value is -2.15. The molecule has 3 N–H and O–H groups in total. The molecular formula is C9H9N3O. The fourth-order valence-corrected chi connectivity index (χ4v) is 0.932. The lowest BCUT2D eigenvalue weighted by molar-refractivity contribution is 0.239. The zero-order valence-electron chi connectivity index (χ0n) is 6.90. The van der Waals surface area contributed by atoms with Crippen LogP contribution < -0.4 is 16.1 Å². The minimum Gasteiger partial charge on any atom is -0.382 e. The lowest BCUT2D eigenvalue weighted by Crippen LogP contribution is -2.13. The summed E-state index contributed by atoms with van der Waals surface area (Å²) in [5.41, 5.74) is 7.93. The molecule has 0 saturated heterocycles. The lowest BCUT2D eigenvalue weighted by Gasteiger charge is -2.11. The van der Waals surface area contributed by atoms with Gasteiger partial charge in [0.15, 0.2) is 11.9 Å². The molecule has 1 heterocycles. The Morgan fingerprint density at radius 3 is 2.77 bits per heavy atom. The molecule has 0 saturated carbocycles. The molecule has 1 aliphatic rings. The minimum atomic E-state index is 0.880. The maximum atomic E-state index is 7.10. The van der Waals surface area contributed by atoms with Crippen LogP contribution in [0.5, 0.6) is 5.75 Å². The fourth-order valence-electron chi connectivity index (χ4n) is 0.932. The largest absolute Gasteiger partial charge is 0.382 e. The molecule has 13 heavy (non-hydrogen) atoms. The summed E-state index contributed by atoms with van der Waals surface area (Å²) in [6.45, 7) is 0. The molecule has 0 atom stereocenters. The van der Waals surface area contributed by atoms with Gasteiger partial charge < -0.3 is 10.6 Å². The van der Waals surface area contributed by atoms with Crippen LogP contribution in [0.3, 0.4) is 0 Å². The average Bonchev–Trinajstić information content (AvgIpc) is 2.19. The van der Waals surface area contributed by atoms with Crippen LogP contribution in [-0.2, 0) is 0 Å². The number of benzene rings is 1. The van der Waals surface area contributed by atoms with E-state index in [4.69, 9.17) is 10.1 Å². The molecule has 0 unspecified atom stereocenters. The second kappa shape index (κ2) is 4.67. The first-order valence-corrected chi connectivity index (χ1v) is 3.66. The smallest absolute Gasteiger partial charge is 0.173 e. The van der Waals surface area contributed by atoms with Gasteiger partial charge >= 0.3 is 0 Å². The van der Waals surface area contributed by atoms with Crippen molar-refractivity contribution in [3.63, 3.8) is 0 Å². The van der Waals surface area contributed by atoms with E-state index in [9.17, 15) is 0 Å². The van der Waals surface area contributed by atoms with E-state index in [0.717, 1.165) is 11.3 Å². The number of hydroxylamine groups is 1. The number of para-hydroxylation sites is 1. The van der Waals surface area contributed by atoms with Crippen molar-refractivity contribution in [3.05, 3.63) is 36.0 Å². The molecule has 1 aromatic carbocycles. The second-order valence-corrected chi connectivity index (χ2v) is 2.22. The Balaban J connectivity index is 0.000000251. The van der Waals surface area contributed by atoms with Gasteiger partial charge in [0.1, 0.15) is 0 Å². The molecule has 1 aliphatic heterocycles. The number of rotatable bonds is 0. The standard InChI is InChI=1S/C8H7NO.CH2N2/c1-2-4-8-7(3-1)5-6-9-10-8;2-1-3/h1-6,9H;2H2. The highest BCUT2D eigenvalue weighted by molar-refractivity contribution is 5.57. The van der Waals surface area contributed by atoms with Crippen LogP contribution in [0.15, 0.2) is 30.5 Å². The Labute approximate surface area is 76.2 Å². The highest BCUT2D eigenvalue weighted by atomic mass is 16.6. The van der Waals surface area contributed by atoms with E-state index in [1.165, 1.54) is 6.19 Å². The van der Waals surface area contributed by atoms with E-state index < -0.39 is 0 Å². The number of hydrogen-bond donors (Lipinski definition) is 2. The number of nitriles is 1. The third-order valence-electron chi connectivity index (χ3n) is 1.42. The molecule has 0 bridgehead atoms. The van der Waals surface area contributed by atoms with E-state index in [-0.39, 0.29) is 0 Å². The minimum absolute atomic E-state index is 0.880. The highest BCUT2D eigenvalue weighted by Gasteiger charge is 2.01. The van der Waals surface area contributed by atoms with Gasteiger partial charge in [-0.2, -0.15) is 5.26 Å². The van der Waals surface area contributed by atoms with Crippen LogP contribution in [0.25, 0.3) is 6.08 Å². The van der Waals surface area contributed by atoms with Crippen molar-refractivity contribution in [3.8, 4) is 11.9 Å². The number of nitrogens with one attached hydrogen (secondary N) is 1. The maximum Gasteiger partial charge on any atom is 0.173 e. The zero-order valence-corrected chi connectivity index (χ0v) is 6.90. The number of nitrogens with two attached hydrogens (primary N) is 1. The summed E-state index contributed by atoms with van der Waals surface area (Å²) in [6.07, 6.45) is 4.99. The van der Waals surface area contributed by atoms with Gasteiger partial charge in [-0.25, -0.2) is 5.48 Å². The van der Waals surface area contributed by atoms with Gasteiger partial charge in [0.25, 0.3) is 0 Å². The SMILES string of the molecule is C1=Cc2ccccc2ON1.N#CN. The predicted octanol–water partition coefficient (Wildman–Crippen LogP) is 0.980. The van der Waals surface area contributed by atoms with E-state index in [2.05, 4.69) is 11.2 Å². The number of fused-ring (bicyclic) bond motifs is 1. The molecule has 4 heteroatoms. The summed E-state index contributed by atoms with van der Waals surface area (Å²) in [6, 6.07) is 7.86. The second-order valence-electron chi connectivity index (χ2n) is 2.22. The molecular weight excluding hydrogens is 166 g/mol. The maximum absolute atomic E-state index is 7.10. The third-order valence-corrected chi connectivity index (χ3v) is 1.42.